The molecule has 0 N–H and O–H groups in total. The van der Waals surface area contributed by atoms with Crippen LogP contribution in [0.2, 0.25) is 5.02 Å². The van der Waals surface area contributed by atoms with Crippen molar-refractivity contribution in [3.8, 4) is 0 Å². The van der Waals surface area contributed by atoms with E-state index in [4.69, 9.17) is 16.6 Å². The van der Waals surface area contributed by atoms with Crippen molar-refractivity contribution in [1.82, 2.24) is 4.90 Å². The van der Waals surface area contributed by atoms with Gasteiger partial charge in [0.25, 0.3) is 0 Å². The molecule has 0 radical (unpaired) electrons. The summed E-state index contributed by atoms with van der Waals surface area (Å²) in [5.41, 5.74) is 4.95. The first kappa shape index (κ1) is 16.7. The molecule has 0 atom stereocenters. The molecule has 0 aliphatic heterocycles. The second-order valence-corrected chi connectivity index (χ2v) is 6.86. The Morgan fingerprint density at radius 2 is 1.79 bits per heavy atom. The van der Waals surface area contributed by atoms with E-state index in [-0.39, 0.29) is 6.04 Å². The molecule has 1 amide bonds. The second-order valence-electron chi connectivity index (χ2n) is 6.45. The number of amidine groups is 1. The third-order valence-corrected chi connectivity index (χ3v) is 4.57. The summed E-state index contributed by atoms with van der Waals surface area (Å²) < 4.78 is 0. The Bertz CT molecular complexity index is 809. The smallest absolute Gasteiger partial charge is 0.215 e. The molecule has 4 heteroatoms. The summed E-state index contributed by atoms with van der Waals surface area (Å²) >= 11 is 6.46. The first-order valence-electron chi connectivity index (χ1n) is 8.15. The number of benzene rings is 2. The zero-order valence-corrected chi connectivity index (χ0v) is 15.0. The van der Waals surface area contributed by atoms with E-state index in [0.29, 0.717) is 10.9 Å². The van der Waals surface area contributed by atoms with Gasteiger partial charge in [-0.25, -0.2) is 4.99 Å². The van der Waals surface area contributed by atoms with Crippen LogP contribution in [-0.4, -0.2) is 23.2 Å². The normalized spacial score (nSPS) is 14.6. The summed E-state index contributed by atoms with van der Waals surface area (Å²) in [6.07, 6.45) is 2.89. The zero-order chi connectivity index (χ0) is 17.3. The molecule has 0 bridgehead atoms. The van der Waals surface area contributed by atoms with Crippen molar-refractivity contribution in [3.63, 3.8) is 0 Å². The Balaban J connectivity index is 2.16. The van der Waals surface area contributed by atoms with E-state index in [1.807, 2.05) is 51.1 Å². The van der Waals surface area contributed by atoms with Crippen LogP contribution < -0.4 is 0 Å². The first-order chi connectivity index (χ1) is 11.5. The van der Waals surface area contributed by atoms with E-state index in [0.717, 1.165) is 47.2 Å². The van der Waals surface area contributed by atoms with Gasteiger partial charge in [-0.1, -0.05) is 29.8 Å². The molecule has 1 aliphatic rings. The molecule has 0 aromatic heterocycles. The highest BCUT2D eigenvalue weighted by Crippen LogP contribution is 2.31. The van der Waals surface area contributed by atoms with Gasteiger partial charge in [-0.15, -0.1) is 0 Å². The van der Waals surface area contributed by atoms with E-state index in [9.17, 15) is 4.79 Å². The van der Waals surface area contributed by atoms with Gasteiger partial charge in [0, 0.05) is 11.6 Å². The predicted octanol–water partition coefficient (Wildman–Crippen LogP) is 4.96. The van der Waals surface area contributed by atoms with Crippen molar-refractivity contribution in [3.05, 3.63) is 63.7 Å². The molecule has 2 aromatic rings. The van der Waals surface area contributed by atoms with Gasteiger partial charge < -0.3 is 0 Å². The van der Waals surface area contributed by atoms with Crippen LogP contribution in [0.25, 0.3) is 0 Å². The largest absolute Gasteiger partial charge is 0.296 e. The molecule has 124 valence electrons. The molecule has 3 rings (SSSR count). The number of carbonyl (C=O) groups excluding carboxylic acids is 1. The number of nitrogens with zero attached hydrogens (tertiary/aromatic N) is 2. The van der Waals surface area contributed by atoms with Gasteiger partial charge in [-0.3, -0.25) is 9.69 Å². The Hall–Kier alpha value is -2.13. The van der Waals surface area contributed by atoms with Crippen molar-refractivity contribution in [2.75, 3.05) is 0 Å². The standard InChI is InChI=1S/C20H21ClN2O/c1-13-5-9-17(18(21)10-13)20(23(12-24)16-7-8-16)22-19-11-14(2)4-6-15(19)3/h4-6,9-12,16H,7-8H2,1-3H3/b22-20-. The van der Waals surface area contributed by atoms with Crippen LogP contribution in [0.3, 0.4) is 0 Å². The van der Waals surface area contributed by atoms with Crippen molar-refractivity contribution in [2.24, 2.45) is 4.99 Å². The molecule has 24 heavy (non-hydrogen) atoms. The van der Waals surface area contributed by atoms with Crippen LogP contribution in [0.1, 0.15) is 35.1 Å². The van der Waals surface area contributed by atoms with Gasteiger partial charge in [0.1, 0.15) is 5.84 Å². The second kappa shape index (κ2) is 6.78. The highest BCUT2D eigenvalue weighted by Gasteiger charge is 2.32. The van der Waals surface area contributed by atoms with Crippen LogP contribution in [0.5, 0.6) is 0 Å². The van der Waals surface area contributed by atoms with Crippen LogP contribution >= 0.6 is 11.6 Å². The molecule has 1 saturated carbocycles. The van der Waals surface area contributed by atoms with Gasteiger partial charge in [-0.05, 0) is 68.5 Å². The van der Waals surface area contributed by atoms with E-state index in [1.165, 1.54) is 0 Å². The van der Waals surface area contributed by atoms with E-state index >= 15 is 0 Å². The summed E-state index contributed by atoms with van der Waals surface area (Å²) in [6.45, 7) is 6.06. The number of carbonyl (C=O) groups is 1. The number of amides is 1. The summed E-state index contributed by atoms with van der Waals surface area (Å²) in [5, 5.41) is 0.617. The topological polar surface area (TPSA) is 32.7 Å². The number of aliphatic imine (C=N–C) groups is 1. The monoisotopic (exact) mass is 340 g/mol. The van der Waals surface area contributed by atoms with Gasteiger partial charge in [-0.2, -0.15) is 0 Å². The van der Waals surface area contributed by atoms with Crippen LogP contribution in [0, 0.1) is 20.8 Å². The molecule has 2 aromatic carbocycles. The summed E-state index contributed by atoms with van der Waals surface area (Å²) in [4.78, 5) is 18.3. The summed E-state index contributed by atoms with van der Waals surface area (Å²) in [5.74, 6) is 0.631. The fourth-order valence-electron chi connectivity index (χ4n) is 2.67. The van der Waals surface area contributed by atoms with Gasteiger partial charge >= 0.3 is 0 Å². The molecular weight excluding hydrogens is 320 g/mol. The van der Waals surface area contributed by atoms with Gasteiger partial charge in [0.2, 0.25) is 6.41 Å². The van der Waals surface area contributed by atoms with Gasteiger partial charge in [0.05, 0.1) is 10.7 Å². The number of rotatable bonds is 4. The number of hydrogen-bond acceptors (Lipinski definition) is 2. The van der Waals surface area contributed by atoms with E-state index < -0.39 is 0 Å². The average molecular weight is 341 g/mol. The Kier molecular flexibility index (Phi) is 4.72. The third kappa shape index (κ3) is 3.51. The lowest BCUT2D eigenvalue weighted by atomic mass is 10.1. The Morgan fingerprint density at radius 3 is 2.42 bits per heavy atom. The maximum Gasteiger partial charge on any atom is 0.215 e. The highest BCUT2D eigenvalue weighted by molar-refractivity contribution is 6.34. The third-order valence-electron chi connectivity index (χ3n) is 4.25. The molecule has 0 saturated heterocycles. The van der Waals surface area contributed by atoms with Crippen LogP contribution in [0.15, 0.2) is 41.4 Å². The minimum Gasteiger partial charge on any atom is -0.296 e. The molecule has 3 nitrogen and oxygen atoms in total. The number of aryl methyl sites for hydroxylation is 3. The first-order valence-corrected chi connectivity index (χ1v) is 8.53. The Labute approximate surface area is 148 Å². The molecule has 0 unspecified atom stereocenters. The fourth-order valence-corrected chi connectivity index (χ4v) is 2.99. The maximum absolute atomic E-state index is 11.7. The van der Waals surface area contributed by atoms with Crippen LogP contribution in [0.4, 0.5) is 5.69 Å². The van der Waals surface area contributed by atoms with Crippen molar-refractivity contribution in [1.29, 1.82) is 0 Å². The van der Waals surface area contributed by atoms with Gasteiger partial charge in [0.15, 0.2) is 0 Å². The van der Waals surface area contributed by atoms with Crippen molar-refractivity contribution >= 4 is 29.5 Å². The molecule has 1 aliphatic carbocycles. The lowest BCUT2D eigenvalue weighted by Crippen LogP contribution is -2.32. The quantitative estimate of drug-likeness (QED) is 0.439. The van der Waals surface area contributed by atoms with Crippen molar-refractivity contribution in [2.45, 2.75) is 39.7 Å². The molecule has 0 spiro atoms. The summed E-state index contributed by atoms with van der Waals surface area (Å²) in [7, 11) is 0. The van der Waals surface area contributed by atoms with E-state index in [2.05, 4.69) is 6.07 Å². The number of halogens is 1. The fraction of sp³-hybridized carbons (Fsp3) is 0.300. The zero-order valence-electron chi connectivity index (χ0n) is 14.2. The SMILES string of the molecule is Cc1ccc(/C(=N/c2cc(C)ccc2C)N(C=O)C2CC2)c(Cl)c1. The Morgan fingerprint density at radius 1 is 1.12 bits per heavy atom. The minimum atomic E-state index is 0.226. The maximum atomic E-state index is 11.7. The molecular formula is C20H21ClN2O. The minimum absolute atomic E-state index is 0.226. The average Bonchev–Trinajstić information content (AvgIpc) is 3.36. The van der Waals surface area contributed by atoms with Crippen LogP contribution in [-0.2, 0) is 4.79 Å². The lowest BCUT2D eigenvalue weighted by molar-refractivity contribution is -0.115. The van der Waals surface area contributed by atoms with E-state index in [1.54, 1.807) is 4.90 Å². The number of hydrogen-bond donors (Lipinski definition) is 0. The molecule has 0 heterocycles. The highest BCUT2D eigenvalue weighted by atomic mass is 35.5. The lowest BCUT2D eigenvalue weighted by Gasteiger charge is -2.21. The summed E-state index contributed by atoms with van der Waals surface area (Å²) in [6, 6.07) is 12.2. The predicted molar refractivity (Wildman–Crippen MR) is 99.2 cm³/mol. The van der Waals surface area contributed by atoms with Crippen molar-refractivity contribution < 1.29 is 4.79 Å². The molecule has 1 fully saturated rings.